The summed E-state index contributed by atoms with van der Waals surface area (Å²) in [5, 5.41) is 4.02. The molecule has 3 aromatic rings. The van der Waals surface area contributed by atoms with Gasteiger partial charge in [-0.25, -0.2) is 4.98 Å². The zero-order chi connectivity index (χ0) is 11.2. The Labute approximate surface area is 97.1 Å². The molecular weight excluding hydrogens is 216 g/mol. The van der Waals surface area contributed by atoms with Crippen LogP contribution in [0.2, 0.25) is 0 Å². The van der Waals surface area contributed by atoms with Gasteiger partial charge in [-0.15, -0.1) is 0 Å². The molecule has 0 spiro atoms. The number of aromatic nitrogens is 4. The van der Waals surface area contributed by atoms with Crippen molar-refractivity contribution in [3.8, 4) is 11.5 Å². The first kappa shape index (κ1) is 8.92. The van der Waals surface area contributed by atoms with E-state index in [0.29, 0.717) is 11.7 Å². The van der Waals surface area contributed by atoms with E-state index in [4.69, 9.17) is 4.52 Å². The standard InChI is InChI=1S/C12H10N4O/c1-2-6-16-9(7-13-10(16)3-1)11-14-12(17-15-11)8-4-5-8/h1-3,6-8H,4-5H2. The molecule has 0 saturated heterocycles. The zero-order valence-corrected chi connectivity index (χ0v) is 9.08. The largest absolute Gasteiger partial charge is 0.339 e. The van der Waals surface area contributed by atoms with Crippen molar-refractivity contribution in [2.45, 2.75) is 18.8 Å². The first-order chi connectivity index (χ1) is 8.42. The Morgan fingerprint density at radius 3 is 3.12 bits per heavy atom. The molecule has 5 nitrogen and oxygen atoms in total. The van der Waals surface area contributed by atoms with Crippen LogP contribution in [0.3, 0.4) is 0 Å². The topological polar surface area (TPSA) is 56.2 Å². The van der Waals surface area contributed by atoms with Crippen LogP contribution in [0.5, 0.6) is 0 Å². The van der Waals surface area contributed by atoms with Crippen LogP contribution in [0.4, 0.5) is 0 Å². The molecule has 1 aliphatic carbocycles. The molecule has 0 amide bonds. The second-order valence-electron chi connectivity index (χ2n) is 4.30. The van der Waals surface area contributed by atoms with Crippen LogP contribution in [0, 0.1) is 0 Å². The first-order valence-corrected chi connectivity index (χ1v) is 5.68. The van der Waals surface area contributed by atoms with E-state index < -0.39 is 0 Å². The monoisotopic (exact) mass is 226 g/mol. The second-order valence-corrected chi connectivity index (χ2v) is 4.30. The van der Waals surface area contributed by atoms with Crippen molar-refractivity contribution < 1.29 is 4.52 Å². The summed E-state index contributed by atoms with van der Waals surface area (Å²) in [4.78, 5) is 8.73. The smallest absolute Gasteiger partial charge is 0.230 e. The van der Waals surface area contributed by atoms with E-state index in [-0.39, 0.29) is 0 Å². The fourth-order valence-electron chi connectivity index (χ4n) is 1.93. The predicted molar refractivity (Wildman–Crippen MR) is 60.5 cm³/mol. The maximum Gasteiger partial charge on any atom is 0.230 e. The molecule has 4 rings (SSSR count). The maximum atomic E-state index is 5.26. The van der Waals surface area contributed by atoms with Crippen LogP contribution >= 0.6 is 0 Å². The summed E-state index contributed by atoms with van der Waals surface area (Å²) < 4.78 is 7.22. The highest BCUT2D eigenvalue weighted by Gasteiger charge is 2.30. The molecule has 1 aliphatic rings. The van der Waals surface area contributed by atoms with Gasteiger partial charge in [0.1, 0.15) is 11.3 Å². The molecule has 0 radical (unpaired) electrons. The van der Waals surface area contributed by atoms with Crippen molar-refractivity contribution in [2.75, 3.05) is 0 Å². The van der Waals surface area contributed by atoms with E-state index in [1.54, 1.807) is 6.20 Å². The van der Waals surface area contributed by atoms with Crippen molar-refractivity contribution in [3.63, 3.8) is 0 Å². The van der Waals surface area contributed by atoms with Crippen LogP contribution in [0.1, 0.15) is 24.7 Å². The third kappa shape index (κ3) is 1.35. The minimum absolute atomic E-state index is 0.482. The van der Waals surface area contributed by atoms with Gasteiger partial charge in [-0.1, -0.05) is 11.2 Å². The Morgan fingerprint density at radius 2 is 2.24 bits per heavy atom. The highest BCUT2D eigenvalue weighted by atomic mass is 16.5. The lowest BCUT2D eigenvalue weighted by molar-refractivity contribution is 0.380. The summed E-state index contributed by atoms with van der Waals surface area (Å²) in [6.45, 7) is 0. The van der Waals surface area contributed by atoms with Crippen LogP contribution < -0.4 is 0 Å². The maximum absolute atomic E-state index is 5.26. The Balaban J connectivity index is 1.86. The van der Waals surface area contributed by atoms with Crippen molar-refractivity contribution in [2.24, 2.45) is 0 Å². The van der Waals surface area contributed by atoms with Crippen molar-refractivity contribution >= 4 is 5.65 Å². The summed E-state index contributed by atoms with van der Waals surface area (Å²) in [5.74, 6) is 1.85. The van der Waals surface area contributed by atoms with E-state index >= 15 is 0 Å². The number of hydrogen-bond donors (Lipinski definition) is 0. The van der Waals surface area contributed by atoms with Gasteiger partial charge in [-0.3, -0.25) is 4.40 Å². The molecule has 0 N–H and O–H groups in total. The number of pyridine rings is 1. The van der Waals surface area contributed by atoms with E-state index in [1.165, 1.54) is 0 Å². The molecule has 1 fully saturated rings. The Hall–Kier alpha value is -2.17. The molecule has 0 aliphatic heterocycles. The molecule has 0 bridgehead atoms. The van der Waals surface area contributed by atoms with Crippen LogP contribution in [-0.2, 0) is 0 Å². The highest BCUT2D eigenvalue weighted by molar-refractivity contribution is 5.56. The third-order valence-electron chi connectivity index (χ3n) is 3.01. The molecular formula is C12H10N4O. The SMILES string of the molecule is c1ccn2c(-c3noc(C4CC4)n3)cnc2c1. The fraction of sp³-hybridized carbons (Fsp3) is 0.250. The quantitative estimate of drug-likeness (QED) is 0.672. The first-order valence-electron chi connectivity index (χ1n) is 5.68. The van der Waals surface area contributed by atoms with Crippen molar-refractivity contribution in [3.05, 3.63) is 36.5 Å². The van der Waals surface area contributed by atoms with Crippen LogP contribution in [0.15, 0.2) is 35.1 Å². The summed E-state index contributed by atoms with van der Waals surface area (Å²) >= 11 is 0. The molecule has 5 heteroatoms. The molecule has 17 heavy (non-hydrogen) atoms. The molecule has 0 atom stereocenters. The van der Waals surface area contributed by atoms with E-state index in [2.05, 4.69) is 15.1 Å². The molecule has 84 valence electrons. The van der Waals surface area contributed by atoms with E-state index in [9.17, 15) is 0 Å². The predicted octanol–water partition coefficient (Wildman–Crippen LogP) is 2.26. The lowest BCUT2D eigenvalue weighted by Gasteiger charge is -1.94. The van der Waals surface area contributed by atoms with E-state index in [0.717, 1.165) is 30.1 Å². The Bertz CT molecular complexity index is 680. The minimum atomic E-state index is 0.482. The molecule has 0 aromatic carbocycles. The lowest BCUT2D eigenvalue weighted by Crippen LogP contribution is -1.88. The summed E-state index contributed by atoms with van der Waals surface area (Å²) in [6, 6.07) is 5.86. The zero-order valence-electron chi connectivity index (χ0n) is 9.08. The normalized spacial score (nSPS) is 15.5. The highest BCUT2D eigenvalue weighted by Crippen LogP contribution is 2.39. The Morgan fingerprint density at radius 1 is 1.29 bits per heavy atom. The molecule has 0 unspecified atom stereocenters. The van der Waals surface area contributed by atoms with Gasteiger partial charge in [0.05, 0.1) is 6.20 Å². The molecule has 3 aromatic heterocycles. The third-order valence-corrected chi connectivity index (χ3v) is 3.01. The van der Waals surface area contributed by atoms with Crippen LogP contribution in [-0.4, -0.2) is 19.5 Å². The van der Waals surface area contributed by atoms with Gasteiger partial charge in [-0.05, 0) is 25.0 Å². The van der Waals surface area contributed by atoms with Gasteiger partial charge in [0.15, 0.2) is 0 Å². The van der Waals surface area contributed by atoms with Crippen molar-refractivity contribution in [1.29, 1.82) is 0 Å². The number of rotatable bonds is 2. The van der Waals surface area contributed by atoms with Crippen molar-refractivity contribution in [1.82, 2.24) is 19.5 Å². The van der Waals surface area contributed by atoms with Gasteiger partial charge >= 0.3 is 0 Å². The summed E-state index contributed by atoms with van der Waals surface area (Å²) in [6.07, 6.45) is 6.05. The van der Waals surface area contributed by atoms with Gasteiger partial charge in [0.2, 0.25) is 11.7 Å². The van der Waals surface area contributed by atoms with Gasteiger partial charge < -0.3 is 4.52 Å². The fourth-order valence-corrected chi connectivity index (χ4v) is 1.93. The summed E-state index contributed by atoms with van der Waals surface area (Å²) in [5.41, 5.74) is 1.76. The molecule has 3 heterocycles. The van der Waals surface area contributed by atoms with E-state index in [1.807, 2.05) is 28.8 Å². The van der Waals surface area contributed by atoms with Gasteiger partial charge in [0, 0.05) is 12.1 Å². The average molecular weight is 226 g/mol. The number of fused-ring (bicyclic) bond motifs is 1. The number of hydrogen-bond acceptors (Lipinski definition) is 4. The number of nitrogens with zero attached hydrogens (tertiary/aromatic N) is 4. The average Bonchev–Trinajstić information content (AvgIpc) is 2.95. The minimum Gasteiger partial charge on any atom is -0.339 e. The lowest BCUT2D eigenvalue weighted by atomic mass is 10.4. The second kappa shape index (κ2) is 3.16. The van der Waals surface area contributed by atoms with Gasteiger partial charge in [0.25, 0.3) is 0 Å². The number of imidazole rings is 1. The van der Waals surface area contributed by atoms with Crippen LogP contribution in [0.25, 0.3) is 17.2 Å². The summed E-state index contributed by atoms with van der Waals surface area (Å²) in [7, 11) is 0. The molecule has 1 saturated carbocycles. The van der Waals surface area contributed by atoms with Gasteiger partial charge in [-0.2, -0.15) is 4.98 Å². The Kier molecular flexibility index (Phi) is 1.66.